The van der Waals surface area contributed by atoms with E-state index in [2.05, 4.69) is 5.32 Å². The standard InChI is InChI=1S/C9H15N3O.C2H6/c1-5(2)9(11)6-4-12-8(13)3-7(6)10;1-2/h5,11H,3-4,10H2,1-2H3,(H,12,13);1-2H3. The SMILES string of the molecule is CC.CC(C)C(=N)C1=C(N)CC(=O)NC1. The Morgan fingerprint density at radius 3 is 2.40 bits per heavy atom. The average molecular weight is 211 g/mol. The second kappa shape index (κ2) is 6.22. The molecular weight excluding hydrogens is 190 g/mol. The summed E-state index contributed by atoms with van der Waals surface area (Å²) in [5.41, 5.74) is 7.54. The molecule has 0 spiro atoms. The molecule has 1 aliphatic heterocycles. The van der Waals surface area contributed by atoms with Crippen LogP contribution in [0.1, 0.15) is 34.1 Å². The van der Waals surface area contributed by atoms with Crippen molar-refractivity contribution in [3.63, 3.8) is 0 Å². The van der Waals surface area contributed by atoms with Gasteiger partial charge in [0.25, 0.3) is 0 Å². The van der Waals surface area contributed by atoms with E-state index in [1.807, 2.05) is 27.7 Å². The minimum atomic E-state index is -0.0576. The van der Waals surface area contributed by atoms with Crippen LogP contribution in [0.3, 0.4) is 0 Å². The van der Waals surface area contributed by atoms with Crippen molar-refractivity contribution in [2.45, 2.75) is 34.1 Å². The summed E-state index contributed by atoms with van der Waals surface area (Å²) in [6, 6.07) is 0. The molecule has 0 aromatic carbocycles. The Morgan fingerprint density at radius 1 is 1.47 bits per heavy atom. The smallest absolute Gasteiger partial charge is 0.226 e. The summed E-state index contributed by atoms with van der Waals surface area (Å²) in [6.07, 6.45) is 0.227. The molecule has 4 N–H and O–H groups in total. The van der Waals surface area contributed by atoms with Crippen LogP contribution >= 0.6 is 0 Å². The normalized spacial score (nSPS) is 15.7. The van der Waals surface area contributed by atoms with E-state index in [0.717, 1.165) is 5.57 Å². The number of carbonyl (C=O) groups is 1. The number of carbonyl (C=O) groups excluding carboxylic acids is 1. The monoisotopic (exact) mass is 211 g/mol. The highest BCUT2D eigenvalue weighted by Crippen LogP contribution is 2.13. The Hall–Kier alpha value is -1.32. The Labute approximate surface area is 91.4 Å². The first-order valence-electron chi connectivity index (χ1n) is 5.35. The molecule has 0 bridgehead atoms. The number of hydrogen-bond acceptors (Lipinski definition) is 3. The maximum Gasteiger partial charge on any atom is 0.226 e. The molecule has 0 aliphatic carbocycles. The zero-order valence-corrected chi connectivity index (χ0v) is 9.98. The molecule has 0 atom stereocenters. The van der Waals surface area contributed by atoms with E-state index in [9.17, 15) is 4.79 Å². The second-order valence-corrected chi connectivity index (χ2v) is 3.53. The molecule has 1 rings (SSSR count). The van der Waals surface area contributed by atoms with E-state index in [1.165, 1.54) is 0 Å². The summed E-state index contributed by atoms with van der Waals surface area (Å²) < 4.78 is 0. The molecule has 15 heavy (non-hydrogen) atoms. The van der Waals surface area contributed by atoms with E-state index in [1.54, 1.807) is 0 Å². The maximum absolute atomic E-state index is 10.9. The molecule has 4 heteroatoms. The molecule has 0 saturated heterocycles. The average Bonchev–Trinajstić information content (AvgIpc) is 2.20. The van der Waals surface area contributed by atoms with Gasteiger partial charge in [-0.15, -0.1) is 0 Å². The minimum Gasteiger partial charge on any atom is -0.401 e. The predicted octanol–water partition coefficient (Wildman–Crippen LogP) is 1.42. The summed E-state index contributed by atoms with van der Waals surface area (Å²) in [6.45, 7) is 8.29. The van der Waals surface area contributed by atoms with Gasteiger partial charge >= 0.3 is 0 Å². The van der Waals surface area contributed by atoms with Crippen molar-refractivity contribution >= 4 is 11.6 Å². The van der Waals surface area contributed by atoms with Crippen LogP contribution in [0.2, 0.25) is 0 Å². The fourth-order valence-electron chi connectivity index (χ4n) is 1.26. The number of hydrogen-bond donors (Lipinski definition) is 3. The Morgan fingerprint density at radius 2 is 2.00 bits per heavy atom. The number of rotatable bonds is 2. The van der Waals surface area contributed by atoms with Gasteiger partial charge in [-0.3, -0.25) is 4.79 Å². The summed E-state index contributed by atoms with van der Waals surface area (Å²) in [4.78, 5) is 10.9. The van der Waals surface area contributed by atoms with E-state index < -0.39 is 0 Å². The minimum absolute atomic E-state index is 0.0576. The van der Waals surface area contributed by atoms with Gasteiger partial charge in [-0.05, 0) is 5.92 Å². The van der Waals surface area contributed by atoms with Gasteiger partial charge < -0.3 is 16.5 Å². The van der Waals surface area contributed by atoms with Crippen LogP contribution in [-0.4, -0.2) is 18.2 Å². The van der Waals surface area contributed by atoms with Crippen molar-refractivity contribution in [2.75, 3.05) is 6.54 Å². The van der Waals surface area contributed by atoms with Gasteiger partial charge in [0.15, 0.2) is 0 Å². The molecule has 0 unspecified atom stereocenters. The van der Waals surface area contributed by atoms with Crippen molar-refractivity contribution in [2.24, 2.45) is 11.7 Å². The van der Waals surface area contributed by atoms with Crippen LogP contribution in [0.5, 0.6) is 0 Å². The quantitative estimate of drug-likeness (QED) is 0.604. The summed E-state index contributed by atoms with van der Waals surface area (Å²) in [7, 11) is 0. The topological polar surface area (TPSA) is 79.0 Å². The Balaban J connectivity index is 0.000000921. The largest absolute Gasteiger partial charge is 0.401 e. The van der Waals surface area contributed by atoms with Crippen molar-refractivity contribution in [1.29, 1.82) is 5.41 Å². The molecule has 0 aromatic heterocycles. The zero-order valence-electron chi connectivity index (χ0n) is 9.98. The summed E-state index contributed by atoms with van der Waals surface area (Å²) in [5.74, 6) is 0.0985. The predicted molar refractivity (Wildman–Crippen MR) is 62.8 cm³/mol. The van der Waals surface area contributed by atoms with Crippen LogP contribution < -0.4 is 11.1 Å². The van der Waals surface area contributed by atoms with Gasteiger partial charge in [-0.2, -0.15) is 0 Å². The number of nitrogens with two attached hydrogens (primary N) is 1. The molecule has 0 fully saturated rings. The van der Waals surface area contributed by atoms with Gasteiger partial charge in [-0.25, -0.2) is 0 Å². The van der Waals surface area contributed by atoms with E-state index in [4.69, 9.17) is 11.1 Å². The number of nitrogens with one attached hydrogen (secondary N) is 2. The van der Waals surface area contributed by atoms with Gasteiger partial charge in [0.2, 0.25) is 5.91 Å². The first-order valence-corrected chi connectivity index (χ1v) is 5.35. The molecule has 0 aromatic rings. The lowest BCUT2D eigenvalue weighted by atomic mass is 9.95. The van der Waals surface area contributed by atoms with Crippen molar-refractivity contribution in [3.8, 4) is 0 Å². The molecular formula is C11H21N3O. The Bertz CT molecular complexity index is 280. The fourth-order valence-corrected chi connectivity index (χ4v) is 1.26. The molecule has 1 aliphatic rings. The summed E-state index contributed by atoms with van der Waals surface area (Å²) >= 11 is 0. The third-order valence-corrected chi connectivity index (χ3v) is 2.10. The van der Waals surface area contributed by atoms with Crippen molar-refractivity contribution < 1.29 is 4.79 Å². The second-order valence-electron chi connectivity index (χ2n) is 3.53. The van der Waals surface area contributed by atoms with Crippen LogP contribution in [0.4, 0.5) is 0 Å². The molecule has 1 heterocycles. The molecule has 0 radical (unpaired) electrons. The third-order valence-electron chi connectivity index (χ3n) is 2.10. The third kappa shape index (κ3) is 3.73. The van der Waals surface area contributed by atoms with Crippen LogP contribution in [-0.2, 0) is 4.79 Å². The van der Waals surface area contributed by atoms with Crippen LogP contribution in [0.15, 0.2) is 11.3 Å². The molecule has 1 amide bonds. The van der Waals surface area contributed by atoms with E-state index >= 15 is 0 Å². The molecule has 4 nitrogen and oxygen atoms in total. The fraction of sp³-hybridized carbons (Fsp3) is 0.636. The van der Waals surface area contributed by atoms with Gasteiger partial charge in [0.05, 0.1) is 6.42 Å². The van der Waals surface area contributed by atoms with E-state index in [0.29, 0.717) is 18.0 Å². The first kappa shape index (κ1) is 13.7. The van der Waals surface area contributed by atoms with Gasteiger partial charge in [0.1, 0.15) is 0 Å². The van der Waals surface area contributed by atoms with E-state index in [-0.39, 0.29) is 18.2 Å². The highest BCUT2D eigenvalue weighted by molar-refractivity contribution is 6.02. The highest BCUT2D eigenvalue weighted by Gasteiger charge is 2.19. The van der Waals surface area contributed by atoms with Gasteiger partial charge in [-0.1, -0.05) is 27.7 Å². The van der Waals surface area contributed by atoms with Gasteiger partial charge in [0, 0.05) is 23.5 Å². The van der Waals surface area contributed by atoms with Crippen LogP contribution in [0.25, 0.3) is 0 Å². The number of amides is 1. The lowest BCUT2D eigenvalue weighted by Crippen LogP contribution is -2.36. The zero-order chi connectivity index (χ0) is 12.0. The highest BCUT2D eigenvalue weighted by atomic mass is 16.1. The van der Waals surface area contributed by atoms with Crippen LogP contribution in [0, 0.1) is 11.3 Å². The van der Waals surface area contributed by atoms with Crippen molar-refractivity contribution in [3.05, 3.63) is 11.3 Å². The molecule has 86 valence electrons. The molecule has 0 saturated carbocycles. The lowest BCUT2D eigenvalue weighted by molar-refractivity contribution is -0.120. The first-order chi connectivity index (χ1) is 7.02. The lowest BCUT2D eigenvalue weighted by Gasteiger charge is -2.20. The maximum atomic E-state index is 10.9. The summed E-state index contributed by atoms with van der Waals surface area (Å²) in [5, 5.41) is 10.4. The van der Waals surface area contributed by atoms with Crippen molar-refractivity contribution in [1.82, 2.24) is 5.32 Å². The Kier molecular flexibility index (Phi) is 5.67.